The van der Waals surface area contributed by atoms with Crippen molar-refractivity contribution in [2.75, 3.05) is 0 Å². The average molecular weight is 280 g/mol. The van der Waals surface area contributed by atoms with Crippen molar-refractivity contribution in [3.63, 3.8) is 0 Å². The molecule has 0 amide bonds. The van der Waals surface area contributed by atoms with Crippen LogP contribution < -0.4 is 10.5 Å². The van der Waals surface area contributed by atoms with Crippen molar-refractivity contribution in [1.29, 1.82) is 0 Å². The molecule has 2 aromatic carbocycles. The molecular weight excluding hydrogens is 265 g/mol. The van der Waals surface area contributed by atoms with E-state index in [0.717, 1.165) is 5.56 Å². The highest BCUT2D eigenvalue weighted by atomic mass is 35.5. The first-order valence-corrected chi connectivity index (χ1v) is 6.37. The molecule has 2 rings (SSSR count). The van der Waals surface area contributed by atoms with Gasteiger partial charge in [0.05, 0.1) is 0 Å². The van der Waals surface area contributed by atoms with E-state index in [4.69, 9.17) is 22.1 Å². The van der Waals surface area contributed by atoms with Gasteiger partial charge in [-0.15, -0.1) is 0 Å². The van der Waals surface area contributed by atoms with E-state index >= 15 is 0 Å². The Hall–Kier alpha value is -1.58. The van der Waals surface area contributed by atoms with Crippen LogP contribution >= 0.6 is 11.6 Å². The molecule has 0 aliphatic rings. The van der Waals surface area contributed by atoms with Gasteiger partial charge in [-0.3, -0.25) is 0 Å². The molecular formula is C15H15ClFNO. The average Bonchev–Trinajstić information content (AvgIpc) is 2.39. The molecule has 0 spiro atoms. The first-order valence-electron chi connectivity index (χ1n) is 5.99. The summed E-state index contributed by atoms with van der Waals surface area (Å²) >= 11 is 5.82. The summed E-state index contributed by atoms with van der Waals surface area (Å²) in [5.41, 5.74) is 6.78. The van der Waals surface area contributed by atoms with Crippen LogP contribution in [0.3, 0.4) is 0 Å². The molecule has 2 unspecified atom stereocenters. The SMILES string of the molecule is CC(N)C(Oc1ccc(Cl)cc1)c1ccc(F)cc1. The van der Waals surface area contributed by atoms with Crippen LogP contribution in [0.25, 0.3) is 0 Å². The van der Waals surface area contributed by atoms with Crippen LogP contribution in [0.15, 0.2) is 48.5 Å². The standard InChI is InChI=1S/C15H15ClFNO/c1-10(18)15(11-2-6-13(17)7-3-11)19-14-8-4-12(16)5-9-14/h2-10,15H,18H2,1H3. The van der Waals surface area contributed by atoms with Crippen LogP contribution in [0.1, 0.15) is 18.6 Å². The molecule has 0 saturated heterocycles. The molecule has 0 bridgehead atoms. The van der Waals surface area contributed by atoms with Crippen molar-refractivity contribution < 1.29 is 9.13 Å². The van der Waals surface area contributed by atoms with Gasteiger partial charge in [0.2, 0.25) is 0 Å². The van der Waals surface area contributed by atoms with Gasteiger partial charge in [-0.25, -0.2) is 4.39 Å². The fraction of sp³-hybridized carbons (Fsp3) is 0.200. The maximum absolute atomic E-state index is 12.9. The Morgan fingerprint density at radius 1 is 1.05 bits per heavy atom. The van der Waals surface area contributed by atoms with Crippen molar-refractivity contribution in [3.8, 4) is 5.75 Å². The Labute approximate surface area is 117 Å². The first-order chi connectivity index (χ1) is 9.06. The molecule has 2 nitrogen and oxygen atoms in total. The van der Waals surface area contributed by atoms with E-state index in [9.17, 15) is 4.39 Å². The molecule has 0 radical (unpaired) electrons. The monoisotopic (exact) mass is 279 g/mol. The molecule has 2 atom stereocenters. The molecule has 4 heteroatoms. The largest absolute Gasteiger partial charge is 0.484 e. The summed E-state index contributed by atoms with van der Waals surface area (Å²) in [5, 5.41) is 0.645. The van der Waals surface area contributed by atoms with Crippen LogP contribution in [-0.4, -0.2) is 6.04 Å². The van der Waals surface area contributed by atoms with Gasteiger partial charge in [-0.05, 0) is 48.9 Å². The molecule has 0 aromatic heterocycles. The normalized spacial score (nSPS) is 13.9. The number of hydrogen-bond acceptors (Lipinski definition) is 2. The van der Waals surface area contributed by atoms with Crippen molar-refractivity contribution in [1.82, 2.24) is 0 Å². The third kappa shape index (κ3) is 3.69. The summed E-state index contributed by atoms with van der Waals surface area (Å²) in [5.74, 6) is 0.398. The third-order valence-electron chi connectivity index (χ3n) is 2.75. The zero-order valence-electron chi connectivity index (χ0n) is 10.5. The van der Waals surface area contributed by atoms with Gasteiger partial charge in [0.1, 0.15) is 17.7 Å². The highest BCUT2D eigenvalue weighted by Crippen LogP contribution is 2.25. The predicted molar refractivity (Wildman–Crippen MR) is 74.9 cm³/mol. The Kier molecular flexibility index (Phi) is 4.40. The molecule has 0 aliphatic carbocycles. The quantitative estimate of drug-likeness (QED) is 0.920. The summed E-state index contributed by atoms with van der Waals surface area (Å²) in [6.07, 6.45) is -0.332. The summed E-state index contributed by atoms with van der Waals surface area (Å²) in [6.45, 7) is 1.85. The molecule has 19 heavy (non-hydrogen) atoms. The van der Waals surface area contributed by atoms with Crippen LogP contribution in [-0.2, 0) is 0 Å². The fourth-order valence-electron chi connectivity index (χ4n) is 1.79. The van der Waals surface area contributed by atoms with E-state index in [2.05, 4.69) is 0 Å². The van der Waals surface area contributed by atoms with E-state index < -0.39 is 0 Å². The predicted octanol–water partition coefficient (Wildman–Crippen LogP) is 3.95. The third-order valence-corrected chi connectivity index (χ3v) is 3.00. The summed E-state index contributed by atoms with van der Waals surface area (Å²) in [7, 11) is 0. The molecule has 0 saturated carbocycles. The Morgan fingerprint density at radius 2 is 1.63 bits per heavy atom. The van der Waals surface area contributed by atoms with Gasteiger partial charge in [0.15, 0.2) is 0 Å². The minimum absolute atomic E-state index is 0.221. The molecule has 0 fully saturated rings. The molecule has 2 N–H and O–H groups in total. The van der Waals surface area contributed by atoms with Crippen molar-refractivity contribution >= 4 is 11.6 Å². The zero-order valence-corrected chi connectivity index (χ0v) is 11.3. The number of benzene rings is 2. The number of halogens is 2. The van der Waals surface area contributed by atoms with Crippen molar-refractivity contribution in [2.24, 2.45) is 5.73 Å². The lowest BCUT2D eigenvalue weighted by molar-refractivity contribution is 0.180. The van der Waals surface area contributed by atoms with Gasteiger partial charge >= 0.3 is 0 Å². The van der Waals surface area contributed by atoms with Crippen LogP contribution in [0.4, 0.5) is 4.39 Å². The summed E-state index contributed by atoms with van der Waals surface area (Å²) < 4.78 is 18.8. The van der Waals surface area contributed by atoms with E-state index in [-0.39, 0.29) is 18.0 Å². The fourth-order valence-corrected chi connectivity index (χ4v) is 1.92. The van der Waals surface area contributed by atoms with E-state index in [0.29, 0.717) is 10.8 Å². The van der Waals surface area contributed by atoms with E-state index in [1.54, 1.807) is 36.4 Å². The van der Waals surface area contributed by atoms with Gasteiger partial charge < -0.3 is 10.5 Å². The summed E-state index contributed by atoms with van der Waals surface area (Å²) in [4.78, 5) is 0. The highest BCUT2D eigenvalue weighted by Gasteiger charge is 2.18. The van der Waals surface area contributed by atoms with Crippen molar-refractivity contribution in [2.45, 2.75) is 19.1 Å². The van der Waals surface area contributed by atoms with Gasteiger partial charge in [-0.2, -0.15) is 0 Å². The van der Waals surface area contributed by atoms with Gasteiger partial charge in [0.25, 0.3) is 0 Å². The molecule has 0 heterocycles. The molecule has 0 aliphatic heterocycles. The van der Waals surface area contributed by atoms with Gasteiger partial charge in [-0.1, -0.05) is 23.7 Å². The second-order valence-electron chi connectivity index (χ2n) is 4.40. The van der Waals surface area contributed by atoms with Crippen LogP contribution in [0, 0.1) is 5.82 Å². The maximum Gasteiger partial charge on any atom is 0.138 e. The lowest BCUT2D eigenvalue weighted by Gasteiger charge is -2.23. The Balaban J connectivity index is 2.21. The molecule has 100 valence electrons. The van der Waals surface area contributed by atoms with E-state index in [1.165, 1.54) is 12.1 Å². The first kappa shape index (κ1) is 13.8. The van der Waals surface area contributed by atoms with E-state index in [1.807, 2.05) is 6.92 Å². The van der Waals surface area contributed by atoms with Crippen molar-refractivity contribution in [3.05, 3.63) is 64.9 Å². The number of hydrogen-bond donors (Lipinski definition) is 1. The minimum atomic E-state index is -0.332. The minimum Gasteiger partial charge on any atom is -0.484 e. The zero-order chi connectivity index (χ0) is 13.8. The van der Waals surface area contributed by atoms with Crippen LogP contribution in [0.5, 0.6) is 5.75 Å². The Bertz CT molecular complexity index is 525. The summed E-state index contributed by atoms with van der Waals surface area (Å²) in [6, 6.07) is 13.0. The number of nitrogens with two attached hydrogens (primary N) is 1. The highest BCUT2D eigenvalue weighted by molar-refractivity contribution is 6.30. The smallest absolute Gasteiger partial charge is 0.138 e. The van der Waals surface area contributed by atoms with Crippen LogP contribution in [0.2, 0.25) is 5.02 Å². The number of rotatable bonds is 4. The molecule has 2 aromatic rings. The number of ether oxygens (including phenoxy) is 1. The second-order valence-corrected chi connectivity index (χ2v) is 4.84. The van der Waals surface area contributed by atoms with Gasteiger partial charge in [0, 0.05) is 11.1 Å². The topological polar surface area (TPSA) is 35.2 Å². The Morgan fingerprint density at radius 3 is 2.16 bits per heavy atom. The lowest BCUT2D eigenvalue weighted by atomic mass is 10.0. The maximum atomic E-state index is 12.9. The lowest BCUT2D eigenvalue weighted by Crippen LogP contribution is -2.29. The second kappa shape index (κ2) is 6.04.